The number of hydrogen-bond donors (Lipinski definition) is 8. The molecule has 2 aromatic carbocycles. The molecule has 0 aliphatic heterocycles. The number of benzene rings is 2. The predicted octanol–water partition coefficient (Wildman–Crippen LogP) is 2.39. The first-order chi connectivity index (χ1) is 24.9. The fourth-order valence-electron chi connectivity index (χ4n) is 4.84. The highest BCUT2D eigenvalue weighted by Crippen LogP contribution is 2.19. The molecule has 18 heteroatoms. The number of amides is 3. The van der Waals surface area contributed by atoms with Crippen LogP contribution in [0, 0.1) is 32.9 Å². The molecule has 18 nitrogen and oxygen atoms in total. The summed E-state index contributed by atoms with van der Waals surface area (Å²) < 4.78 is 0. The van der Waals surface area contributed by atoms with Crippen LogP contribution in [0.2, 0.25) is 0 Å². The van der Waals surface area contributed by atoms with Crippen molar-refractivity contribution in [1.29, 1.82) is 5.26 Å². The summed E-state index contributed by atoms with van der Waals surface area (Å²) in [7, 11) is 0. The number of nitrogens with zero attached hydrogens (tertiary/aromatic N) is 3. The molecule has 0 fully saturated rings. The second kappa shape index (κ2) is 20.7. The van der Waals surface area contributed by atoms with Crippen molar-refractivity contribution in [3.63, 3.8) is 0 Å². The second-order valence-electron chi connectivity index (χ2n) is 13.8. The van der Waals surface area contributed by atoms with Gasteiger partial charge in [-0.25, -0.2) is 14.6 Å². The van der Waals surface area contributed by atoms with Gasteiger partial charge in [-0.15, -0.1) is 0 Å². The van der Waals surface area contributed by atoms with Crippen LogP contribution < -0.4 is 31.9 Å². The Hall–Kier alpha value is -6.09. The van der Waals surface area contributed by atoms with E-state index in [9.17, 15) is 44.3 Å². The number of rotatable bonds is 19. The third-order valence-corrected chi connectivity index (χ3v) is 7.31. The maximum absolute atomic E-state index is 13.2. The molecule has 3 atom stereocenters. The first kappa shape index (κ1) is 43.1. The lowest BCUT2D eigenvalue weighted by Gasteiger charge is -2.23. The lowest BCUT2D eigenvalue weighted by Crippen LogP contribution is -2.53. The number of aliphatic carboxylic acids is 2. The first-order valence-electron chi connectivity index (χ1n) is 16.8. The fourth-order valence-corrected chi connectivity index (χ4v) is 4.84. The molecule has 0 aromatic heterocycles. The molecule has 0 saturated carbocycles. The minimum atomic E-state index is -1.34. The van der Waals surface area contributed by atoms with E-state index in [1.165, 1.54) is 24.3 Å². The molecule has 0 spiro atoms. The van der Waals surface area contributed by atoms with Gasteiger partial charge in [0.05, 0.1) is 17.0 Å². The average Bonchev–Trinajstić information content (AvgIpc) is 3.05. The zero-order valence-electron chi connectivity index (χ0n) is 30.3. The van der Waals surface area contributed by atoms with Gasteiger partial charge in [-0.1, -0.05) is 46.8 Å². The van der Waals surface area contributed by atoms with Gasteiger partial charge in [0.25, 0.3) is 5.69 Å². The smallest absolute Gasteiger partial charge is 0.327 e. The molecule has 0 aliphatic carbocycles. The Balaban J connectivity index is 1.99. The molecular weight excluding hydrogens is 690 g/mol. The van der Waals surface area contributed by atoms with Crippen LogP contribution in [0.5, 0.6) is 0 Å². The zero-order valence-corrected chi connectivity index (χ0v) is 30.3. The van der Waals surface area contributed by atoms with E-state index >= 15 is 0 Å². The van der Waals surface area contributed by atoms with Crippen molar-refractivity contribution >= 4 is 52.7 Å². The topological polar surface area (TPSA) is 277 Å². The highest BCUT2D eigenvalue weighted by atomic mass is 16.6. The first-order valence-corrected chi connectivity index (χ1v) is 16.8. The lowest BCUT2D eigenvalue weighted by molar-refractivity contribution is -0.384. The molecule has 3 unspecified atom stereocenters. The van der Waals surface area contributed by atoms with Gasteiger partial charge in [0.2, 0.25) is 23.7 Å². The number of hydrogen-bond acceptors (Lipinski definition) is 10. The van der Waals surface area contributed by atoms with Gasteiger partial charge < -0.3 is 36.8 Å². The molecule has 53 heavy (non-hydrogen) atoms. The Kier molecular flexibility index (Phi) is 16.8. The summed E-state index contributed by atoms with van der Waals surface area (Å²) in [5.74, 6) is -4.16. The third-order valence-electron chi connectivity index (χ3n) is 7.31. The van der Waals surface area contributed by atoms with Crippen LogP contribution in [-0.2, 0) is 30.4 Å². The predicted molar refractivity (Wildman–Crippen MR) is 195 cm³/mol. The quantitative estimate of drug-likeness (QED) is 0.0196. The number of aliphatic imine (C=N–C) groups is 1. The van der Waals surface area contributed by atoms with Crippen molar-refractivity contribution in [1.82, 2.24) is 26.6 Å². The number of nitriles is 1. The van der Waals surface area contributed by atoms with Gasteiger partial charge in [0.1, 0.15) is 18.1 Å². The number of nitro benzene ring substituents is 1. The van der Waals surface area contributed by atoms with Crippen LogP contribution in [0.3, 0.4) is 0 Å². The number of nitro groups is 1. The molecule has 0 bridgehead atoms. The van der Waals surface area contributed by atoms with Crippen molar-refractivity contribution in [2.24, 2.45) is 16.3 Å². The van der Waals surface area contributed by atoms with Gasteiger partial charge in [0, 0.05) is 30.8 Å². The summed E-state index contributed by atoms with van der Waals surface area (Å²) in [6.07, 6.45) is 1.90. The molecule has 0 heterocycles. The van der Waals surface area contributed by atoms with Crippen LogP contribution in [0.1, 0.15) is 59.4 Å². The van der Waals surface area contributed by atoms with E-state index in [0.29, 0.717) is 16.9 Å². The monoisotopic (exact) mass is 737 g/mol. The number of anilines is 1. The third kappa shape index (κ3) is 16.7. The van der Waals surface area contributed by atoms with Crippen LogP contribution in [0.4, 0.5) is 17.1 Å². The van der Waals surface area contributed by atoms with Gasteiger partial charge >= 0.3 is 11.9 Å². The summed E-state index contributed by atoms with van der Waals surface area (Å²) in [4.78, 5) is 76.6. The summed E-state index contributed by atoms with van der Waals surface area (Å²) >= 11 is 0. The van der Waals surface area contributed by atoms with E-state index in [0.717, 1.165) is 0 Å². The molecule has 0 aliphatic rings. The van der Waals surface area contributed by atoms with Crippen molar-refractivity contribution in [2.45, 2.75) is 78.4 Å². The highest BCUT2D eigenvalue weighted by Gasteiger charge is 2.28. The van der Waals surface area contributed by atoms with Crippen molar-refractivity contribution in [3.8, 4) is 6.19 Å². The average molecular weight is 738 g/mol. The molecule has 3 amide bonds. The summed E-state index contributed by atoms with van der Waals surface area (Å²) in [6.45, 7) is 9.07. The van der Waals surface area contributed by atoms with Gasteiger partial charge in [0.15, 0.2) is 6.19 Å². The Bertz CT molecular complexity index is 1670. The normalized spacial score (nSPS) is 13.1. The van der Waals surface area contributed by atoms with E-state index < -0.39 is 52.7 Å². The minimum Gasteiger partial charge on any atom is -0.480 e. The number of non-ortho nitro benzene ring substituents is 1. The number of nitrogens with one attached hydrogen (secondary N) is 6. The van der Waals surface area contributed by atoms with Crippen molar-refractivity contribution < 1.29 is 39.1 Å². The Morgan fingerprint density at radius 2 is 1.49 bits per heavy atom. The lowest BCUT2D eigenvalue weighted by atomic mass is 9.92. The van der Waals surface area contributed by atoms with E-state index in [2.05, 4.69) is 36.9 Å². The Morgan fingerprint density at radius 3 is 2.02 bits per heavy atom. The number of guanidine groups is 1. The Labute approximate surface area is 307 Å². The number of carboxylic acids is 2. The van der Waals surface area contributed by atoms with Crippen LogP contribution in [0.15, 0.2) is 53.5 Å². The minimum absolute atomic E-state index is 0.0131. The molecule has 286 valence electrons. The summed E-state index contributed by atoms with van der Waals surface area (Å²) in [6, 6.07) is 8.35. The van der Waals surface area contributed by atoms with E-state index in [-0.39, 0.29) is 61.8 Å². The summed E-state index contributed by atoms with van der Waals surface area (Å²) in [5, 5.41) is 55.0. The second-order valence-corrected chi connectivity index (χ2v) is 13.8. The molecule has 0 radical (unpaired) electrons. The zero-order chi connectivity index (χ0) is 39.7. The van der Waals surface area contributed by atoms with E-state index in [1.807, 2.05) is 34.6 Å². The molecule has 0 saturated heterocycles. The van der Waals surface area contributed by atoms with Crippen LogP contribution in [-0.4, -0.2) is 82.0 Å². The van der Waals surface area contributed by atoms with Crippen molar-refractivity contribution in [2.75, 3.05) is 18.4 Å². The summed E-state index contributed by atoms with van der Waals surface area (Å²) in [5.41, 5.74) is 0.990. The standard InChI is InChI=1S/C35H47N9O9/c1-21(2)16-27(31(47)43-26(32(48)49)14-15-37-19-28(33(50)51)42-30(46)18-35(3,4)5)41-29(45)17-22-6-8-23(9-7-22)39-34(38-20-36)40-24-10-12-25(13-11-24)44(52)53/h6-13,21,26-28,37H,14-19H2,1-5H3,(H,41,45)(H,42,46)(H,43,47)(H,48,49)(H,50,51)(H2,38,39,40). The number of carbonyl (C=O) groups excluding carboxylic acids is 3. The van der Waals surface area contributed by atoms with E-state index in [1.54, 1.807) is 30.5 Å². The largest absolute Gasteiger partial charge is 0.480 e. The fraction of sp³-hybridized carbons (Fsp3) is 0.457. The van der Waals surface area contributed by atoms with Gasteiger partial charge in [-0.2, -0.15) is 5.26 Å². The Morgan fingerprint density at radius 1 is 0.887 bits per heavy atom. The highest BCUT2D eigenvalue weighted by molar-refractivity contribution is 5.96. The van der Waals surface area contributed by atoms with E-state index in [4.69, 9.17) is 5.26 Å². The van der Waals surface area contributed by atoms with Gasteiger partial charge in [-0.05, 0) is 60.5 Å². The maximum Gasteiger partial charge on any atom is 0.327 e. The number of carbonyl (C=O) groups is 5. The SMILES string of the molecule is CC(C)CC(NC(=O)Cc1ccc(NC(=Nc2ccc([N+](=O)[O-])cc2)NC#N)cc1)C(=O)NC(CCNCC(NC(=O)CC(C)(C)C)C(=O)O)C(=O)O. The number of carboxylic acid groups (broad SMARTS) is 2. The van der Waals surface area contributed by atoms with Crippen LogP contribution in [0.25, 0.3) is 0 Å². The molecule has 8 N–H and O–H groups in total. The molecule has 2 rings (SSSR count). The maximum atomic E-state index is 13.2. The van der Waals surface area contributed by atoms with Crippen LogP contribution >= 0.6 is 0 Å². The van der Waals surface area contributed by atoms with Gasteiger partial charge in [-0.3, -0.25) is 29.8 Å². The molecular formula is C35H47N9O9. The molecule has 2 aromatic rings. The van der Waals surface area contributed by atoms with Crippen molar-refractivity contribution in [3.05, 3.63) is 64.2 Å².